The number of pyridine rings is 1. The van der Waals surface area contributed by atoms with Gasteiger partial charge in [0.15, 0.2) is 11.5 Å². The summed E-state index contributed by atoms with van der Waals surface area (Å²) in [4.78, 5) is 19.3. The van der Waals surface area contributed by atoms with Crippen molar-refractivity contribution in [3.05, 3.63) is 59.5 Å². The van der Waals surface area contributed by atoms with E-state index in [4.69, 9.17) is 18.7 Å². The van der Waals surface area contributed by atoms with E-state index in [0.29, 0.717) is 36.1 Å². The molecule has 0 saturated heterocycles. The number of thiol groups is 1. The minimum absolute atomic E-state index is 0.113. The third-order valence-electron chi connectivity index (χ3n) is 6.95. The van der Waals surface area contributed by atoms with Crippen LogP contribution in [0.1, 0.15) is 28.5 Å². The van der Waals surface area contributed by atoms with Crippen LogP contribution in [0.25, 0.3) is 22.4 Å². The van der Waals surface area contributed by atoms with Crippen molar-refractivity contribution in [2.75, 3.05) is 57.6 Å². The molecule has 0 atom stereocenters. The molecule has 0 spiro atoms. The molecule has 9 nitrogen and oxygen atoms in total. The topological polar surface area (TPSA) is 91.8 Å². The van der Waals surface area contributed by atoms with Crippen molar-refractivity contribution in [1.82, 2.24) is 19.6 Å². The zero-order valence-corrected chi connectivity index (χ0v) is 25.2. The van der Waals surface area contributed by atoms with E-state index in [-0.39, 0.29) is 12.3 Å². The van der Waals surface area contributed by atoms with Crippen molar-refractivity contribution in [2.24, 2.45) is 0 Å². The molecule has 4 aromatic rings. The number of carbonyl (C=O) groups excluding carboxylic acids is 1. The number of aromatic nitrogens is 3. The number of carbonyl (C=O) groups is 1. The van der Waals surface area contributed by atoms with Crippen LogP contribution in [0.5, 0.6) is 11.5 Å². The van der Waals surface area contributed by atoms with Crippen LogP contribution in [-0.4, -0.2) is 83.2 Å². The maximum atomic E-state index is 12.3. The van der Waals surface area contributed by atoms with E-state index in [1.54, 1.807) is 19.2 Å². The minimum Gasteiger partial charge on any atom is -0.461 e. The third-order valence-corrected chi connectivity index (χ3v) is 8.92. The van der Waals surface area contributed by atoms with Crippen molar-refractivity contribution in [2.45, 2.75) is 26.6 Å². The number of fused-ring (bicyclic) bond motifs is 2. The molecule has 1 aliphatic rings. The van der Waals surface area contributed by atoms with E-state index in [1.165, 1.54) is 11.1 Å². The van der Waals surface area contributed by atoms with Gasteiger partial charge in [0.25, 0.3) is 0 Å². The molecule has 0 fully saturated rings. The molecule has 0 radical (unpaired) electrons. The molecule has 0 N–H and O–H groups in total. The smallest absolute Gasteiger partial charge is 0.360 e. The van der Waals surface area contributed by atoms with Gasteiger partial charge in [-0.1, -0.05) is 11.2 Å². The van der Waals surface area contributed by atoms with Gasteiger partial charge < -0.3 is 28.2 Å². The van der Waals surface area contributed by atoms with Crippen LogP contribution in [0, 0.1) is 0 Å². The van der Waals surface area contributed by atoms with Gasteiger partial charge in [-0.3, -0.25) is 9.16 Å². The average Bonchev–Trinajstić information content (AvgIpc) is 3.52. The van der Waals surface area contributed by atoms with E-state index in [0.717, 1.165) is 36.4 Å². The molecule has 5 rings (SSSR count). The van der Waals surface area contributed by atoms with Gasteiger partial charge in [-0.25, -0.2) is 9.78 Å². The second kappa shape index (κ2) is 10.9. The molecule has 10 heteroatoms. The Morgan fingerprint density at radius 3 is 2.73 bits per heavy atom. The zero-order valence-electron chi connectivity index (χ0n) is 24.3. The molecule has 216 valence electrons. The van der Waals surface area contributed by atoms with Crippen molar-refractivity contribution in [3.8, 4) is 22.8 Å². The molecule has 40 heavy (non-hydrogen) atoms. The molecule has 0 aliphatic carbocycles. The van der Waals surface area contributed by atoms with E-state index < -0.39 is 15.1 Å². The summed E-state index contributed by atoms with van der Waals surface area (Å²) in [7, 11) is 0.448. The lowest BCUT2D eigenvalue weighted by atomic mass is 10.00. The first-order valence-corrected chi connectivity index (χ1v) is 17.9. The number of hydrogen-bond donors (Lipinski definition) is 1. The Hall–Kier alpha value is -3.34. The number of esters is 1. The van der Waals surface area contributed by atoms with Gasteiger partial charge in [0.2, 0.25) is 0 Å². The summed E-state index contributed by atoms with van der Waals surface area (Å²) in [6.07, 6.45) is 14.0. The van der Waals surface area contributed by atoms with E-state index in [2.05, 4.69) is 59.2 Å². The molecule has 1 aromatic carbocycles. The third kappa shape index (κ3) is 6.51. The highest BCUT2D eigenvalue weighted by atomic mass is 32.3. The van der Waals surface area contributed by atoms with Gasteiger partial charge in [-0.05, 0) is 80.5 Å². The molecule has 3 aromatic heterocycles. The fraction of sp³-hybridized carbons (Fsp3) is 0.433. The predicted octanol–water partition coefficient (Wildman–Crippen LogP) is 5.21. The summed E-state index contributed by atoms with van der Waals surface area (Å²) in [5.41, 5.74) is 4.14. The van der Waals surface area contributed by atoms with Crippen LogP contribution in [0.3, 0.4) is 0 Å². The van der Waals surface area contributed by atoms with Gasteiger partial charge in [0.05, 0.1) is 24.2 Å². The number of ether oxygens (including phenoxy) is 3. The fourth-order valence-electron chi connectivity index (χ4n) is 4.72. The van der Waals surface area contributed by atoms with Crippen LogP contribution >= 0.6 is 9.16 Å². The quantitative estimate of drug-likeness (QED) is 0.158. The molecular formula is C30H40N4O5S. The summed E-state index contributed by atoms with van der Waals surface area (Å²) in [6, 6.07) is 9.71. The van der Waals surface area contributed by atoms with Crippen LogP contribution < -0.4 is 4.74 Å². The molecule has 0 unspecified atom stereocenters. The maximum Gasteiger partial charge on any atom is 0.360 e. The first kappa shape index (κ1) is 28.2. The van der Waals surface area contributed by atoms with E-state index in [1.807, 2.05) is 22.9 Å². The molecular weight excluding hydrogens is 528 g/mol. The van der Waals surface area contributed by atoms with Crippen LogP contribution in [-0.2, 0) is 29.2 Å². The maximum absolute atomic E-state index is 12.3. The highest BCUT2D eigenvalue weighted by Crippen LogP contribution is 2.54. The highest BCUT2D eigenvalue weighted by molar-refractivity contribution is 8.47. The molecule has 0 saturated carbocycles. The first-order chi connectivity index (χ1) is 19.0. The van der Waals surface area contributed by atoms with Gasteiger partial charge in [0, 0.05) is 31.5 Å². The van der Waals surface area contributed by atoms with Crippen molar-refractivity contribution in [1.29, 1.82) is 0 Å². The zero-order chi connectivity index (χ0) is 28.5. The normalized spacial score (nSPS) is 15.0. The molecule has 1 aliphatic heterocycles. The van der Waals surface area contributed by atoms with Crippen LogP contribution in [0.15, 0.2) is 47.2 Å². The Labute approximate surface area is 235 Å². The summed E-state index contributed by atoms with van der Waals surface area (Å²) in [6.45, 7) is 4.93. The Bertz CT molecular complexity index is 1520. The van der Waals surface area contributed by atoms with Crippen LogP contribution in [0.4, 0.5) is 0 Å². The predicted molar refractivity (Wildman–Crippen MR) is 161 cm³/mol. The SMILES string of the molecule is CCOC(=O)c1cc(-c2cn(COCC[SH](C)(C)(C)C)c3nccc(Oc4ccc5c(c4)CN(C)CC5)c23)on1. The number of hydrogen-bond acceptors (Lipinski definition) is 8. The Morgan fingerprint density at radius 2 is 1.95 bits per heavy atom. The van der Waals surface area contributed by atoms with Gasteiger partial charge >= 0.3 is 5.97 Å². The van der Waals surface area contributed by atoms with E-state index >= 15 is 0 Å². The lowest BCUT2D eigenvalue weighted by Crippen LogP contribution is -2.26. The van der Waals surface area contributed by atoms with Gasteiger partial charge in [-0.15, -0.1) is 0 Å². The monoisotopic (exact) mass is 568 g/mol. The standard InChI is InChI=1S/C30H40N4O5S/c1-7-37-30(35)25-17-27(39-32-25)24-19-34(20-36-14-15-40(3,4,5)6)29-28(24)26(10-12-31-29)38-23-9-8-21-11-13-33(2)18-22(21)16-23/h8-10,12,16-17,19,40H,7,11,13-15,18,20H2,1-6H3. The summed E-state index contributed by atoms with van der Waals surface area (Å²) in [5, 5.41) is 4.71. The lowest BCUT2D eigenvalue weighted by Gasteiger charge is -2.46. The highest BCUT2D eigenvalue weighted by Gasteiger charge is 2.23. The second-order valence-electron chi connectivity index (χ2n) is 12.5. The number of likely N-dealkylation sites (N-methyl/N-ethyl adjacent to an activating group) is 1. The Balaban J connectivity index is 1.51. The summed E-state index contributed by atoms with van der Waals surface area (Å²) >= 11 is 0. The van der Waals surface area contributed by atoms with Crippen molar-refractivity contribution >= 4 is 26.2 Å². The largest absolute Gasteiger partial charge is 0.461 e. The van der Waals surface area contributed by atoms with Gasteiger partial charge in [-0.2, -0.15) is 0 Å². The molecule has 0 bridgehead atoms. The van der Waals surface area contributed by atoms with E-state index in [9.17, 15) is 4.79 Å². The van der Waals surface area contributed by atoms with Crippen molar-refractivity contribution < 1.29 is 23.5 Å². The minimum atomic E-state index is -1.68. The number of rotatable bonds is 10. The number of benzene rings is 1. The Morgan fingerprint density at radius 1 is 1.12 bits per heavy atom. The summed E-state index contributed by atoms with van der Waals surface area (Å²) < 4.78 is 25.3. The average molecular weight is 569 g/mol. The first-order valence-electron chi connectivity index (χ1n) is 13.6. The second-order valence-corrected chi connectivity index (χ2v) is 20.9. The van der Waals surface area contributed by atoms with Crippen LogP contribution in [0.2, 0.25) is 0 Å². The summed E-state index contributed by atoms with van der Waals surface area (Å²) in [5.74, 6) is 2.30. The van der Waals surface area contributed by atoms with Crippen molar-refractivity contribution in [3.63, 3.8) is 0 Å². The fourth-order valence-corrected chi connectivity index (χ4v) is 5.58. The van der Waals surface area contributed by atoms with Gasteiger partial charge in [0.1, 0.15) is 23.9 Å². The number of nitrogens with zero attached hydrogens (tertiary/aromatic N) is 4. The molecule has 4 heterocycles. The Kier molecular flexibility index (Phi) is 7.69. The lowest BCUT2D eigenvalue weighted by molar-refractivity contribution is 0.0514. The molecule has 0 amide bonds.